The van der Waals surface area contributed by atoms with Crippen molar-refractivity contribution in [2.24, 2.45) is 11.8 Å². The van der Waals surface area contributed by atoms with Crippen LogP contribution >= 0.6 is 0 Å². The molecule has 2 aromatic carbocycles. The maximum absolute atomic E-state index is 14.0. The molecule has 0 aliphatic carbocycles. The number of benzene rings is 2. The van der Waals surface area contributed by atoms with Gasteiger partial charge in [0.05, 0.1) is 47.1 Å². The number of H-pyrrole nitrogens is 2. The van der Waals surface area contributed by atoms with Gasteiger partial charge in [-0.25, -0.2) is 19.6 Å². The molecule has 4 saturated heterocycles. The molecule has 2 aromatic heterocycles. The lowest BCUT2D eigenvalue weighted by atomic mass is 9.94. The number of hydrogen-bond donors (Lipinski definition) is 6. The Kier molecular flexibility index (Phi) is 14.3. The van der Waals surface area contributed by atoms with Crippen molar-refractivity contribution in [1.29, 1.82) is 0 Å². The van der Waals surface area contributed by atoms with Crippen LogP contribution in [0, 0.1) is 23.7 Å². The van der Waals surface area contributed by atoms with Crippen LogP contribution in [-0.4, -0.2) is 136 Å². The predicted octanol–water partition coefficient (Wildman–Crippen LogP) is 6.36. The number of likely N-dealkylation sites (tertiary alicyclic amines) is 4. The lowest BCUT2D eigenvalue weighted by Crippen LogP contribution is -2.56. The monoisotopic (exact) mass is 929 g/mol. The van der Waals surface area contributed by atoms with Crippen LogP contribution in [0.5, 0.6) is 0 Å². The van der Waals surface area contributed by atoms with Gasteiger partial charge < -0.3 is 50.4 Å². The zero-order valence-electron chi connectivity index (χ0n) is 40.3. The zero-order valence-corrected chi connectivity index (χ0v) is 40.3. The summed E-state index contributed by atoms with van der Waals surface area (Å²) in [5.74, 6) is 7.53. The Morgan fingerprint density at radius 2 is 0.956 bits per heavy atom. The number of nitrogens with one attached hydrogen (secondary N) is 4. The van der Waals surface area contributed by atoms with Crippen LogP contribution in [0.2, 0.25) is 0 Å². The van der Waals surface area contributed by atoms with Crippen LogP contribution in [0.3, 0.4) is 0 Å². The minimum Gasteiger partial charge on any atom is -0.390 e. The van der Waals surface area contributed by atoms with E-state index in [1.54, 1.807) is 36.0 Å². The molecule has 4 atom stereocenters. The summed E-state index contributed by atoms with van der Waals surface area (Å²) in [4.78, 5) is 77.8. The molecule has 0 bridgehead atoms. The van der Waals surface area contributed by atoms with Gasteiger partial charge in [-0.2, -0.15) is 0 Å². The van der Waals surface area contributed by atoms with Crippen molar-refractivity contribution in [3.05, 3.63) is 83.7 Å². The van der Waals surface area contributed by atoms with E-state index in [2.05, 4.69) is 32.4 Å². The highest BCUT2D eigenvalue weighted by Crippen LogP contribution is 2.35. The third kappa shape index (κ3) is 11.1. The van der Waals surface area contributed by atoms with Crippen LogP contribution in [0.25, 0.3) is 22.5 Å². The van der Waals surface area contributed by atoms with Gasteiger partial charge in [-0.3, -0.25) is 9.59 Å². The van der Waals surface area contributed by atoms with E-state index in [4.69, 9.17) is 9.97 Å². The van der Waals surface area contributed by atoms with Gasteiger partial charge in [0.1, 0.15) is 23.7 Å². The maximum atomic E-state index is 14.0. The number of piperidine rings is 2. The minimum atomic E-state index is -0.772. The first-order valence-corrected chi connectivity index (χ1v) is 24.4. The molecule has 8 rings (SSSR count). The van der Waals surface area contributed by atoms with Crippen molar-refractivity contribution in [1.82, 2.24) is 50.2 Å². The number of aromatic nitrogens is 4. The number of urea groups is 2. The number of aliphatic hydroxyl groups is 2. The third-order valence-corrected chi connectivity index (χ3v) is 14.3. The van der Waals surface area contributed by atoms with E-state index in [0.717, 1.165) is 71.0 Å². The third-order valence-electron chi connectivity index (χ3n) is 14.3. The first kappa shape index (κ1) is 48.3. The fourth-order valence-corrected chi connectivity index (χ4v) is 9.76. The second-order valence-corrected chi connectivity index (χ2v) is 20.5. The standard InChI is InChI=1S/C52H68N10O6/c1-33(2)43(57-49(65)59-27-21-51(5,67)22-28-59)47(63)61-25-7-9-41(61)45-53-31-39(55-45)37-17-13-35(14-18-37)11-12-36-15-19-38(20-16-36)40-32-54-46(56-40)42-10-8-26-62(42)48(64)44(34(3)4)58-50(66)60-29-23-52(6,68)24-30-60/h13-20,31-34,41-44,67-68H,7-10,21-30H2,1-6H3,(H,53,55)(H,54,56)(H,57,65)(H,58,66). The largest absolute Gasteiger partial charge is 0.390 e. The molecule has 4 aliphatic heterocycles. The molecule has 16 heteroatoms. The van der Waals surface area contributed by atoms with Gasteiger partial charge in [0.15, 0.2) is 0 Å². The fourth-order valence-electron chi connectivity index (χ4n) is 9.76. The Balaban J connectivity index is 0.857. The molecule has 6 heterocycles. The molecule has 362 valence electrons. The van der Waals surface area contributed by atoms with Gasteiger partial charge in [0.25, 0.3) is 0 Å². The summed E-state index contributed by atoms with van der Waals surface area (Å²) in [6.07, 6.45) is 8.83. The number of amides is 6. The summed E-state index contributed by atoms with van der Waals surface area (Å²) in [6.45, 7) is 14.3. The number of aromatic amines is 2. The molecule has 4 unspecified atom stereocenters. The van der Waals surface area contributed by atoms with Crippen LogP contribution in [-0.2, 0) is 9.59 Å². The smallest absolute Gasteiger partial charge is 0.318 e. The van der Waals surface area contributed by atoms with Crippen LogP contribution in [0.1, 0.15) is 128 Å². The van der Waals surface area contributed by atoms with Gasteiger partial charge in [0, 0.05) is 50.4 Å². The first-order chi connectivity index (χ1) is 32.4. The van der Waals surface area contributed by atoms with Gasteiger partial charge >= 0.3 is 12.1 Å². The lowest BCUT2D eigenvalue weighted by Gasteiger charge is -2.37. The SMILES string of the molecule is CC(C)C(NC(=O)N1CCC(C)(O)CC1)C(=O)N1CCCC1c1ncc(-c2ccc(C#Cc3ccc(-c4cnc(C5CCCN5C(=O)C(NC(=O)N5CCC(C)(O)CC5)C(C)C)[nH]4)cc3)cc2)[nH]1. The van der Waals surface area contributed by atoms with Crippen molar-refractivity contribution in [3.63, 3.8) is 0 Å². The maximum Gasteiger partial charge on any atom is 0.318 e. The molecule has 4 aliphatic rings. The molecular formula is C52H68N10O6. The van der Waals surface area contributed by atoms with E-state index < -0.39 is 23.3 Å². The van der Waals surface area contributed by atoms with Crippen molar-refractivity contribution >= 4 is 23.9 Å². The summed E-state index contributed by atoms with van der Waals surface area (Å²) in [5, 5.41) is 26.7. The highest BCUT2D eigenvalue weighted by molar-refractivity contribution is 5.88. The highest BCUT2D eigenvalue weighted by Gasteiger charge is 2.40. The molecule has 4 aromatic rings. The average molecular weight is 929 g/mol. The molecule has 0 spiro atoms. The van der Waals surface area contributed by atoms with Crippen molar-refractivity contribution in [3.8, 4) is 34.4 Å². The topological polar surface area (TPSA) is 203 Å². The van der Waals surface area contributed by atoms with E-state index >= 15 is 0 Å². The zero-order chi connectivity index (χ0) is 48.3. The quantitative estimate of drug-likeness (QED) is 0.0987. The number of imidazole rings is 2. The Labute approximate surface area is 399 Å². The molecule has 16 nitrogen and oxygen atoms in total. The average Bonchev–Trinajstić information content (AvgIpc) is 4.16. The summed E-state index contributed by atoms with van der Waals surface area (Å²) in [6, 6.07) is 13.6. The molecule has 6 amide bonds. The van der Waals surface area contributed by atoms with Gasteiger partial charge in [0.2, 0.25) is 11.8 Å². The number of hydrogen-bond acceptors (Lipinski definition) is 8. The summed E-state index contributed by atoms with van der Waals surface area (Å²) >= 11 is 0. The molecule has 6 N–H and O–H groups in total. The first-order valence-electron chi connectivity index (χ1n) is 24.4. The van der Waals surface area contributed by atoms with Crippen LogP contribution in [0.4, 0.5) is 9.59 Å². The van der Waals surface area contributed by atoms with Crippen LogP contribution < -0.4 is 10.6 Å². The Hall–Kier alpha value is -6.18. The number of nitrogens with zero attached hydrogens (tertiary/aromatic N) is 6. The summed E-state index contributed by atoms with van der Waals surface area (Å²) in [7, 11) is 0. The van der Waals surface area contributed by atoms with E-state index in [0.29, 0.717) is 65.0 Å². The molecule has 0 radical (unpaired) electrons. The van der Waals surface area contributed by atoms with Crippen LogP contribution in [0.15, 0.2) is 60.9 Å². The van der Waals surface area contributed by atoms with Crippen molar-refractivity contribution < 1.29 is 29.4 Å². The Bertz CT molecular complexity index is 2310. The molecule has 68 heavy (non-hydrogen) atoms. The van der Waals surface area contributed by atoms with Gasteiger partial charge in [-0.1, -0.05) is 63.8 Å². The normalized spacial score (nSPS) is 21.1. The van der Waals surface area contributed by atoms with E-state index in [-0.39, 0.29) is 47.8 Å². The van der Waals surface area contributed by atoms with Gasteiger partial charge in [-0.15, -0.1) is 0 Å². The van der Waals surface area contributed by atoms with Gasteiger partial charge in [-0.05, 0) is 112 Å². The lowest BCUT2D eigenvalue weighted by molar-refractivity contribution is -0.136. The Morgan fingerprint density at radius 3 is 1.29 bits per heavy atom. The molecule has 4 fully saturated rings. The summed E-state index contributed by atoms with van der Waals surface area (Å²) in [5.41, 5.74) is 3.74. The van der Waals surface area contributed by atoms with Crippen molar-refractivity contribution in [2.75, 3.05) is 39.3 Å². The second-order valence-electron chi connectivity index (χ2n) is 20.5. The minimum absolute atomic E-state index is 0.112. The molecular weight excluding hydrogens is 861 g/mol. The highest BCUT2D eigenvalue weighted by atomic mass is 16.3. The number of rotatable bonds is 10. The number of carbonyl (C=O) groups excluding carboxylic acids is 4. The van der Waals surface area contributed by atoms with E-state index in [1.165, 1.54) is 0 Å². The molecule has 0 saturated carbocycles. The fraction of sp³-hybridized carbons (Fsp3) is 0.538. The second kappa shape index (κ2) is 20.2. The van der Waals surface area contributed by atoms with Crippen molar-refractivity contribution in [2.45, 2.75) is 128 Å². The Morgan fingerprint density at radius 1 is 0.603 bits per heavy atom. The summed E-state index contributed by atoms with van der Waals surface area (Å²) < 4.78 is 0. The predicted molar refractivity (Wildman–Crippen MR) is 259 cm³/mol. The van der Waals surface area contributed by atoms with E-state index in [1.807, 2.05) is 86.0 Å². The van der Waals surface area contributed by atoms with E-state index in [9.17, 15) is 29.4 Å². The number of carbonyl (C=O) groups is 4.